The molecule has 2 aliphatic heterocycles. The van der Waals surface area contributed by atoms with Crippen molar-refractivity contribution in [1.82, 2.24) is 15.1 Å². The van der Waals surface area contributed by atoms with Crippen molar-refractivity contribution in [1.29, 1.82) is 0 Å². The lowest BCUT2D eigenvalue weighted by atomic mass is 10.1. The zero-order valence-corrected chi connectivity index (χ0v) is 17.7. The number of methoxy groups -OCH3 is 1. The molecule has 1 saturated carbocycles. The van der Waals surface area contributed by atoms with Crippen molar-refractivity contribution < 1.29 is 19.1 Å². The third kappa shape index (κ3) is 4.28. The van der Waals surface area contributed by atoms with Crippen molar-refractivity contribution >= 4 is 23.4 Å². The number of anilines is 1. The fourth-order valence-electron chi connectivity index (χ4n) is 4.26. The van der Waals surface area contributed by atoms with Crippen molar-refractivity contribution in [3.63, 3.8) is 0 Å². The largest absolute Gasteiger partial charge is 0.495 e. The first kappa shape index (κ1) is 20.7. The lowest BCUT2D eigenvalue weighted by Crippen LogP contribution is -2.56. The minimum Gasteiger partial charge on any atom is -0.495 e. The molecule has 1 aromatic carbocycles. The molecule has 3 aliphatic rings. The number of rotatable bonds is 6. The van der Waals surface area contributed by atoms with E-state index in [-0.39, 0.29) is 36.1 Å². The molecule has 30 heavy (non-hydrogen) atoms. The van der Waals surface area contributed by atoms with Gasteiger partial charge < -0.3 is 19.9 Å². The molecule has 1 N–H and O–H groups in total. The Hall–Kier alpha value is -2.61. The minimum absolute atomic E-state index is 0.0236. The third-order valence-corrected chi connectivity index (χ3v) is 6.33. The van der Waals surface area contributed by atoms with Gasteiger partial charge in [-0.1, -0.05) is 12.1 Å². The molecule has 1 aromatic rings. The number of nitrogens with one attached hydrogen (secondary N) is 1. The van der Waals surface area contributed by atoms with Gasteiger partial charge in [-0.15, -0.1) is 0 Å². The molecular weight excluding hydrogens is 384 g/mol. The van der Waals surface area contributed by atoms with Crippen LogP contribution in [-0.2, 0) is 14.4 Å². The zero-order valence-electron chi connectivity index (χ0n) is 17.7. The number of hydrogen-bond donors (Lipinski definition) is 1. The lowest BCUT2D eigenvalue weighted by molar-refractivity contribution is -0.138. The van der Waals surface area contributed by atoms with E-state index in [1.807, 2.05) is 36.1 Å². The maximum absolute atomic E-state index is 13.1. The number of benzene rings is 1. The predicted octanol–water partition coefficient (Wildman–Crippen LogP) is 0.859. The highest BCUT2D eigenvalue weighted by Gasteiger charge is 2.39. The number of para-hydroxylation sites is 2. The van der Waals surface area contributed by atoms with Crippen LogP contribution in [0.3, 0.4) is 0 Å². The van der Waals surface area contributed by atoms with E-state index in [0.29, 0.717) is 50.2 Å². The molecule has 1 aliphatic carbocycles. The number of nitrogens with zero attached hydrogens (tertiary/aromatic N) is 3. The number of hydrogen-bond acceptors (Lipinski definition) is 5. The molecule has 2 unspecified atom stereocenters. The van der Waals surface area contributed by atoms with E-state index in [1.54, 1.807) is 12.0 Å². The highest BCUT2D eigenvalue weighted by atomic mass is 16.5. The van der Waals surface area contributed by atoms with Gasteiger partial charge in [0.25, 0.3) is 0 Å². The Morgan fingerprint density at radius 1 is 1.13 bits per heavy atom. The van der Waals surface area contributed by atoms with E-state index in [0.717, 1.165) is 12.8 Å². The van der Waals surface area contributed by atoms with Crippen molar-refractivity contribution in [2.24, 2.45) is 5.92 Å². The van der Waals surface area contributed by atoms with Crippen LogP contribution in [0.4, 0.5) is 5.69 Å². The summed E-state index contributed by atoms with van der Waals surface area (Å²) in [7, 11) is 1.58. The average Bonchev–Trinajstić information content (AvgIpc) is 3.51. The van der Waals surface area contributed by atoms with Gasteiger partial charge in [0, 0.05) is 45.2 Å². The Balaban J connectivity index is 1.32. The Morgan fingerprint density at radius 3 is 2.50 bits per heavy atom. The molecule has 2 saturated heterocycles. The SMILES string of the molecule is COc1ccccc1N1CC(C(=O)N2CCN(C(C)C(=O)NC3CC3)CC2)CC1=O. The van der Waals surface area contributed by atoms with Crippen LogP contribution >= 0.6 is 0 Å². The van der Waals surface area contributed by atoms with Crippen molar-refractivity contribution in [3.05, 3.63) is 24.3 Å². The summed E-state index contributed by atoms with van der Waals surface area (Å²) in [5, 5.41) is 3.05. The van der Waals surface area contributed by atoms with Crippen LogP contribution in [0.25, 0.3) is 0 Å². The fraction of sp³-hybridized carbons (Fsp3) is 0.591. The number of ether oxygens (including phenoxy) is 1. The van der Waals surface area contributed by atoms with Gasteiger partial charge in [0.15, 0.2) is 0 Å². The highest BCUT2D eigenvalue weighted by molar-refractivity contribution is 6.01. The summed E-state index contributed by atoms with van der Waals surface area (Å²) in [5.41, 5.74) is 0.709. The first-order valence-corrected chi connectivity index (χ1v) is 10.7. The molecule has 0 bridgehead atoms. The fourth-order valence-corrected chi connectivity index (χ4v) is 4.26. The lowest BCUT2D eigenvalue weighted by Gasteiger charge is -2.38. The minimum atomic E-state index is -0.343. The van der Waals surface area contributed by atoms with E-state index in [9.17, 15) is 14.4 Å². The summed E-state index contributed by atoms with van der Waals surface area (Å²) < 4.78 is 5.37. The van der Waals surface area contributed by atoms with Crippen molar-refractivity contribution in [2.45, 2.75) is 38.3 Å². The van der Waals surface area contributed by atoms with E-state index in [1.165, 1.54) is 0 Å². The molecule has 3 amide bonds. The highest BCUT2D eigenvalue weighted by Crippen LogP contribution is 2.33. The summed E-state index contributed by atoms with van der Waals surface area (Å²) >= 11 is 0. The quantitative estimate of drug-likeness (QED) is 0.747. The zero-order chi connectivity index (χ0) is 21.3. The second-order valence-electron chi connectivity index (χ2n) is 8.40. The van der Waals surface area contributed by atoms with Crippen molar-refractivity contribution in [3.8, 4) is 5.75 Å². The molecule has 2 heterocycles. The van der Waals surface area contributed by atoms with Crippen LogP contribution in [0.2, 0.25) is 0 Å². The summed E-state index contributed by atoms with van der Waals surface area (Å²) in [6, 6.07) is 7.55. The van der Waals surface area contributed by atoms with Crippen LogP contribution in [-0.4, -0.2) is 79.4 Å². The van der Waals surface area contributed by atoms with E-state index in [4.69, 9.17) is 4.74 Å². The molecule has 162 valence electrons. The van der Waals surface area contributed by atoms with Crippen LogP contribution in [0.5, 0.6) is 5.75 Å². The Labute approximate surface area is 177 Å². The van der Waals surface area contributed by atoms with Gasteiger partial charge in [-0.25, -0.2) is 0 Å². The Kier molecular flexibility index (Phi) is 5.94. The number of carbonyl (C=O) groups is 3. The maximum atomic E-state index is 13.1. The third-order valence-electron chi connectivity index (χ3n) is 6.33. The summed E-state index contributed by atoms with van der Waals surface area (Å²) in [6.45, 7) is 4.80. The topological polar surface area (TPSA) is 82.2 Å². The summed E-state index contributed by atoms with van der Waals surface area (Å²) in [5.74, 6) is 0.332. The second-order valence-corrected chi connectivity index (χ2v) is 8.40. The van der Waals surface area contributed by atoms with E-state index < -0.39 is 0 Å². The smallest absolute Gasteiger partial charge is 0.237 e. The Bertz CT molecular complexity index is 817. The number of carbonyl (C=O) groups excluding carboxylic acids is 3. The van der Waals surface area contributed by atoms with Gasteiger partial charge in [0.1, 0.15) is 5.75 Å². The first-order chi connectivity index (χ1) is 14.5. The predicted molar refractivity (Wildman–Crippen MR) is 112 cm³/mol. The van der Waals surface area contributed by atoms with Crippen LogP contribution in [0.1, 0.15) is 26.2 Å². The van der Waals surface area contributed by atoms with Crippen molar-refractivity contribution in [2.75, 3.05) is 44.7 Å². The van der Waals surface area contributed by atoms with Gasteiger partial charge in [-0.05, 0) is 31.9 Å². The number of amides is 3. The van der Waals surface area contributed by atoms with Crippen LogP contribution in [0.15, 0.2) is 24.3 Å². The van der Waals surface area contributed by atoms with Gasteiger partial charge >= 0.3 is 0 Å². The summed E-state index contributed by atoms with van der Waals surface area (Å²) in [6.07, 6.45) is 2.37. The van der Waals surface area contributed by atoms with E-state index in [2.05, 4.69) is 10.2 Å². The molecule has 4 rings (SSSR count). The van der Waals surface area contributed by atoms with Crippen LogP contribution in [0, 0.1) is 5.92 Å². The molecule has 8 heteroatoms. The Morgan fingerprint density at radius 2 is 1.83 bits per heavy atom. The molecule has 0 aromatic heterocycles. The van der Waals surface area contributed by atoms with E-state index >= 15 is 0 Å². The molecule has 8 nitrogen and oxygen atoms in total. The van der Waals surface area contributed by atoms with Gasteiger partial charge in [0.05, 0.1) is 24.8 Å². The molecule has 3 fully saturated rings. The molecule has 0 radical (unpaired) electrons. The van der Waals surface area contributed by atoms with Gasteiger partial charge in [0.2, 0.25) is 17.7 Å². The standard InChI is InChI=1S/C22H30N4O4/c1-15(21(28)23-17-7-8-17)24-9-11-25(12-10-24)22(29)16-13-20(27)26(14-16)18-5-3-4-6-19(18)30-2/h3-6,15-17H,7-14H2,1-2H3,(H,23,28). The van der Waals surface area contributed by atoms with Crippen LogP contribution < -0.4 is 15.0 Å². The summed E-state index contributed by atoms with van der Waals surface area (Å²) in [4.78, 5) is 43.6. The van der Waals surface area contributed by atoms with Gasteiger partial charge in [-0.2, -0.15) is 0 Å². The monoisotopic (exact) mass is 414 g/mol. The first-order valence-electron chi connectivity index (χ1n) is 10.7. The normalized spacial score (nSPS) is 23.4. The second kappa shape index (κ2) is 8.63. The van der Waals surface area contributed by atoms with Gasteiger partial charge in [-0.3, -0.25) is 19.3 Å². The number of piperazine rings is 1. The molecule has 2 atom stereocenters. The molecule has 0 spiro atoms. The maximum Gasteiger partial charge on any atom is 0.237 e. The molecular formula is C22H30N4O4. The average molecular weight is 415 g/mol.